The van der Waals surface area contributed by atoms with Gasteiger partial charge >= 0.3 is 11.6 Å². The second kappa shape index (κ2) is 7.87. The van der Waals surface area contributed by atoms with E-state index in [1.807, 2.05) is 13.0 Å². The van der Waals surface area contributed by atoms with E-state index in [9.17, 15) is 19.5 Å². The van der Waals surface area contributed by atoms with Crippen LogP contribution in [0.1, 0.15) is 54.7 Å². The zero-order valence-electron chi connectivity index (χ0n) is 18.3. The highest BCUT2D eigenvalue weighted by Gasteiger charge is 2.26. The van der Waals surface area contributed by atoms with Crippen molar-refractivity contribution >= 4 is 33.8 Å². The molecule has 164 valence electrons. The topological polar surface area (TPSA) is 110 Å². The molecule has 0 unspecified atom stereocenters. The second-order valence-corrected chi connectivity index (χ2v) is 8.76. The predicted molar refractivity (Wildman–Crippen MR) is 116 cm³/mol. The van der Waals surface area contributed by atoms with Crippen LogP contribution in [0.4, 0.5) is 0 Å². The summed E-state index contributed by atoms with van der Waals surface area (Å²) in [6.45, 7) is 7.12. The third kappa shape index (κ3) is 3.62. The molecule has 0 spiro atoms. The molecule has 1 atom stereocenters. The van der Waals surface area contributed by atoms with Crippen LogP contribution in [0.25, 0.3) is 21.9 Å². The summed E-state index contributed by atoms with van der Waals surface area (Å²) in [5, 5.41) is 13.6. The molecule has 0 radical (unpaired) electrons. The van der Waals surface area contributed by atoms with Crippen LogP contribution in [0.15, 0.2) is 19.7 Å². The molecule has 7 heteroatoms. The number of benzene rings is 1. The van der Waals surface area contributed by atoms with Crippen molar-refractivity contribution in [3.05, 3.63) is 44.5 Å². The standard InChI is InChI=1S/C24H27NO6/c1-11(2)20(23(27)28)25-19(26)10-16-12(3)15-9-17-14-7-5-6-8-18(14)30-22(17)13(4)21(15)31-24(16)29/h9,11,20H,5-8,10H2,1-4H3,(H,25,26)(H,27,28)/t20-/m0/s1. The van der Waals surface area contributed by atoms with Crippen molar-refractivity contribution in [1.82, 2.24) is 5.32 Å². The van der Waals surface area contributed by atoms with Crippen LogP contribution in [-0.2, 0) is 28.9 Å². The third-order valence-corrected chi connectivity index (χ3v) is 6.31. The van der Waals surface area contributed by atoms with Crippen LogP contribution < -0.4 is 10.9 Å². The maximum atomic E-state index is 12.7. The molecule has 2 N–H and O–H groups in total. The van der Waals surface area contributed by atoms with Gasteiger partial charge in [-0.1, -0.05) is 13.8 Å². The van der Waals surface area contributed by atoms with Crippen molar-refractivity contribution in [2.75, 3.05) is 0 Å². The van der Waals surface area contributed by atoms with E-state index in [2.05, 4.69) is 5.32 Å². The lowest BCUT2D eigenvalue weighted by molar-refractivity contribution is -0.143. The van der Waals surface area contributed by atoms with Gasteiger partial charge < -0.3 is 19.3 Å². The Labute approximate surface area is 179 Å². The summed E-state index contributed by atoms with van der Waals surface area (Å²) in [4.78, 5) is 36.7. The summed E-state index contributed by atoms with van der Waals surface area (Å²) >= 11 is 0. The molecule has 0 saturated heterocycles. The zero-order chi connectivity index (χ0) is 22.4. The van der Waals surface area contributed by atoms with Crippen molar-refractivity contribution in [2.24, 2.45) is 5.92 Å². The Morgan fingerprint density at radius 1 is 1.06 bits per heavy atom. The van der Waals surface area contributed by atoms with Gasteiger partial charge in [0.2, 0.25) is 5.91 Å². The van der Waals surface area contributed by atoms with Gasteiger partial charge in [-0.05, 0) is 50.7 Å². The summed E-state index contributed by atoms with van der Waals surface area (Å²) in [6.07, 6.45) is 3.86. The number of aliphatic carboxylic acids is 1. The number of furan rings is 1. The molecule has 1 aliphatic carbocycles. The molecule has 31 heavy (non-hydrogen) atoms. The fraction of sp³-hybridized carbons (Fsp3) is 0.458. The number of nitrogens with one attached hydrogen (secondary N) is 1. The molecule has 0 saturated carbocycles. The highest BCUT2D eigenvalue weighted by Crippen LogP contribution is 2.37. The normalized spacial score (nSPS) is 14.7. The maximum absolute atomic E-state index is 12.7. The minimum absolute atomic E-state index is 0.235. The highest BCUT2D eigenvalue weighted by atomic mass is 16.4. The van der Waals surface area contributed by atoms with Crippen LogP contribution in [0.2, 0.25) is 0 Å². The van der Waals surface area contributed by atoms with Gasteiger partial charge in [0.25, 0.3) is 0 Å². The van der Waals surface area contributed by atoms with E-state index in [0.717, 1.165) is 53.4 Å². The van der Waals surface area contributed by atoms with E-state index in [1.54, 1.807) is 20.8 Å². The van der Waals surface area contributed by atoms with Crippen LogP contribution in [0.5, 0.6) is 0 Å². The van der Waals surface area contributed by atoms with Crippen molar-refractivity contribution in [3.63, 3.8) is 0 Å². The second-order valence-electron chi connectivity index (χ2n) is 8.76. The molecule has 1 aliphatic rings. The van der Waals surface area contributed by atoms with Gasteiger partial charge in [-0.2, -0.15) is 0 Å². The molecule has 7 nitrogen and oxygen atoms in total. The molecule has 0 fully saturated rings. The van der Waals surface area contributed by atoms with Crippen LogP contribution >= 0.6 is 0 Å². The van der Waals surface area contributed by atoms with Gasteiger partial charge in [0.15, 0.2) is 0 Å². The first kappa shape index (κ1) is 21.2. The quantitative estimate of drug-likeness (QED) is 0.602. The number of carbonyl (C=O) groups is 2. The first-order chi connectivity index (χ1) is 14.7. The number of amides is 1. The predicted octanol–water partition coefficient (Wildman–Crippen LogP) is 3.80. The van der Waals surface area contributed by atoms with Gasteiger partial charge in [0.1, 0.15) is 23.0 Å². The number of rotatable bonds is 5. The number of carboxylic acids is 1. The summed E-state index contributed by atoms with van der Waals surface area (Å²) in [5.74, 6) is -0.894. The first-order valence-electron chi connectivity index (χ1n) is 10.7. The van der Waals surface area contributed by atoms with Gasteiger partial charge in [-0.15, -0.1) is 0 Å². The Balaban J connectivity index is 1.79. The smallest absolute Gasteiger partial charge is 0.340 e. The summed E-state index contributed by atoms with van der Waals surface area (Å²) in [5.41, 5.74) is 3.56. The van der Waals surface area contributed by atoms with Gasteiger partial charge in [-0.3, -0.25) is 4.79 Å². The molecule has 0 aliphatic heterocycles. The zero-order valence-corrected chi connectivity index (χ0v) is 18.3. The average Bonchev–Trinajstić information content (AvgIpc) is 3.09. The van der Waals surface area contributed by atoms with E-state index in [0.29, 0.717) is 11.1 Å². The van der Waals surface area contributed by atoms with Crippen LogP contribution in [-0.4, -0.2) is 23.0 Å². The molecule has 2 heterocycles. The fourth-order valence-electron chi connectivity index (χ4n) is 4.52. The van der Waals surface area contributed by atoms with Crippen LogP contribution in [0.3, 0.4) is 0 Å². The number of aryl methyl sites for hydroxylation is 4. The SMILES string of the molecule is Cc1c(CC(=O)N[C@H](C(=O)O)C(C)C)c(=O)oc2c(C)c3oc4c(c3cc12)CCCC4. The molecule has 3 aromatic rings. The Morgan fingerprint density at radius 3 is 2.42 bits per heavy atom. The highest BCUT2D eigenvalue weighted by molar-refractivity contribution is 6.00. The van der Waals surface area contributed by atoms with E-state index in [-0.39, 0.29) is 17.9 Å². The number of fused-ring (bicyclic) bond motifs is 4. The average molecular weight is 425 g/mol. The monoisotopic (exact) mass is 425 g/mol. The lowest BCUT2D eigenvalue weighted by Crippen LogP contribution is -2.45. The van der Waals surface area contributed by atoms with Gasteiger partial charge in [0.05, 0.1) is 12.0 Å². The Bertz CT molecular complexity index is 1260. The number of carboxylic acid groups (broad SMARTS) is 1. The minimum Gasteiger partial charge on any atom is -0.480 e. The number of hydrogen-bond acceptors (Lipinski definition) is 5. The summed E-state index contributed by atoms with van der Waals surface area (Å²) in [6, 6.07) is 0.985. The number of hydrogen-bond donors (Lipinski definition) is 2. The number of carbonyl (C=O) groups excluding carboxylic acids is 1. The fourth-order valence-corrected chi connectivity index (χ4v) is 4.52. The van der Waals surface area contributed by atoms with E-state index < -0.39 is 23.5 Å². The van der Waals surface area contributed by atoms with Gasteiger partial charge in [-0.25, -0.2) is 9.59 Å². The van der Waals surface area contributed by atoms with Crippen LogP contribution in [0, 0.1) is 19.8 Å². The molecular formula is C24H27NO6. The lowest BCUT2D eigenvalue weighted by atomic mass is 9.93. The molecule has 4 rings (SSSR count). The molecule has 1 aromatic carbocycles. The van der Waals surface area contributed by atoms with E-state index >= 15 is 0 Å². The molecule has 1 amide bonds. The first-order valence-corrected chi connectivity index (χ1v) is 10.7. The lowest BCUT2D eigenvalue weighted by Gasteiger charge is -2.18. The Morgan fingerprint density at radius 2 is 1.74 bits per heavy atom. The minimum atomic E-state index is -1.10. The van der Waals surface area contributed by atoms with Crippen molar-refractivity contribution in [2.45, 2.75) is 65.8 Å². The third-order valence-electron chi connectivity index (χ3n) is 6.31. The molecule has 2 aromatic heterocycles. The largest absolute Gasteiger partial charge is 0.480 e. The van der Waals surface area contributed by atoms with Gasteiger partial charge in [0, 0.05) is 28.3 Å². The Hall–Kier alpha value is -3.09. The Kier molecular flexibility index (Phi) is 5.37. The summed E-state index contributed by atoms with van der Waals surface area (Å²) in [7, 11) is 0. The maximum Gasteiger partial charge on any atom is 0.340 e. The van der Waals surface area contributed by atoms with E-state index in [1.165, 1.54) is 5.56 Å². The molecular weight excluding hydrogens is 398 g/mol. The molecule has 0 bridgehead atoms. The van der Waals surface area contributed by atoms with Crippen molar-refractivity contribution in [1.29, 1.82) is 0 Å². The summed E-state index contributed by atoms with van der Waals surface area (Å²) < 4.78 is 11.7. The van der Waals surface area contributed by atoms with E-state index in [4.69, 9.17) is 8.83 Å². The van der Waals surface area contributed by atoms with Crippen molar-refractivity contribution < 1.29 is 23.5 Å². The van der Waals surface area contributed by atoms with Crippen molar-refractivity contribution in [3.8, 4) is 0 Å².